The van der Waals surface area contributed by atoms with Crippen LogP contribution in [0.2, 0.25) is 10.0 Å². The number of carbonyl (C=O) groups is 1. The zero-order valence-corrected chi connectivity index (χ0v) is 19.7. The Balaban J connectivity index is 1.71. The van der Waals surface area contributed by atoms with Crippen molar-refractivity contribution in [2.45, 2.75) is 25.7 Å². The van der Waals surface area contributed by atoms with Crippen LogP contribution in [0.5, 0.6) is 5.75 Å². The SMILES string of the molecule is C=CCOc1c(Cl)cc(Cl)cc1C=Nc1sc2c(c1C(=O)Nc1ccccc1)CCCC2. The van der Waals surface area contributed by atoms with E-state index in [-0.39, 0.29) is 5.91 Å². The van der Waals surface area contributed by atoms with Gasteiger partial charge in [-0.05, 0) is 55.5 Å². The van der Waals surface area contributed by atoms with Gasteiger partial charge in [-0.15, -0.1) is 11.3 Å². The lowest BCUT2D eigenvalue weighted by Gasteiger charge is -2.13. The maximum Gasteiger partial charge on any atom is 0.259 e. The van der Waals surface area contributed by atoms with Crippen LogP contribution in [-0.4, -0.2) is 18.7 Å². The van der Waals surface area contributed by atoms with E-state index in [4.69, 9.17) is 32.9 Å². The molecule has 1 heterocycles. The molecule has 0 atom stereocenters. The number of fused-ring (bicyclic) bond motifs is 1. The molecule has 0 saturated carbocycles. The highest BCUT2D eigenvalue weighted by atomic mass is 35.5. The van der Waals surface area contributed by atoms with Crippen molar-refractivity contribution in [1.82, 2.24) is 0 Å². The molecule has 32 heavy (non-hydrogen) atoms. The first-order valence-electron chi connectivity index (χ1n) is 10.3. The van der Waals surface area contributed by atoms with Crippen molar-refractivity contribution in [3.05, 3.63) is 86.7 Å². The Bertz CT molecular complexity index is 1170. The van der Waals surface area contributed by atoms with E-state index in [1.54, 1.807) is 35.8 Å². The molecule has 4 nitrogen and oxygen atoms in total. The number of thiophene rings is 1. The number of amides is 1. The number of nitrogens with one attached hydrogen (secondary N) is 1. The molecule has 4 rings (SSSR count). The number of ether oxygens (including phenoxy) is 1. The first kappa shape index (κ1) is 22.6. The number of aryl methyl sites for hydroxylation is 1. The van der Waals surface area contributed by atoms with Crippen LogP contribution in [0.25, 0.3) is 0 Å². The number of anilines is 1. The highest BCUT2D eigenvalue weighted by Gasteiger charge is 2.25. The summed E-state index contributed by atoms with van der Waals surface area (Å²) in [5, 5.41) is 4.56. The number of benzene rings is 2. The highest BCUT2D eigenvalue weighted by molar-refractivity contribution is 7.16. The third kappa shape index (κ3) is 5.07. The third-order valence-corrected chi connectivity index (χ3v) is 6.81. The Morgan fingerprint density at radius 3 is 2.75 bits per heavy atom. The summed E-state index contributed by atoms with van der Waals surface area (Å²) in [6.07, 6.45) is 7.35. The molecule has 1 aliphatic rings. The second kappa shape index (κ2) is 10.3. The Labute approximate surface area is 201 Å². The predicted molar refractivity (Wildman–Crippen MR) is 135 cm³/mol. The molecule has 0 aliphatic heterocycles. The second-order valence-electron chi connectivity index (χ2n) is 7.38. The lowest BCUT2D eigenvalue weighted by Crippen LogP contribution is -2.14. The molecular formula is C25H22Cl2N2O2S. The number of para-hydroxylation sites is 1. The number of halogens is 2. The second-order valence-corrected chi connectivity index (χ2v) is 9.30. The van der Waals surface area contributed by atoms with Crippen molar-refractivity contribution in [2.75, 3.05) is 11.9 Å². The Morgan fingerprint density at radius 2 is 1.97 bits per heavy atom. The van der Waals surface area contributed by atoms with Gasteiger partial charge in [0.25, 0.3) is 5.91 Å². The Kier molecular flexibility index (Phi) is 7.30. The molecule has 164 valence electrons. The maximum absolute atomic E-state index is 13.2. The smallest absolute Gasteiger partial charge is 0.259 e. The fourth-order valence-corrected chi connectivity index (χ4v) is 5.48. The molecule has 1 aromatic heterocycles. The molecule has 1 N–H and O–H groups in total. The lowest BCUT2D eigenvalue weighted by molar-refractivity contribution is 0.102. The summed E-state index contributed by atoms with van der Waals surface area (Å²) in [4.78, 5) is 19.2. The van der Waals surface area contributed by atoms with Crippen molar-refractivity contribution in [3.8, 4) is 5.75 Å². The molecular weight excluding hydrogens is 463 g/mol. The number of nitrogens with zero attached hydrogens (tertiary/aromatic N) is 1. The lowest BCUT2D eigenvalue weighted by atomic mass is 9.95. The summed E-state index contributed by atoms with van der Waals surface area (Å²) in [6.45, 7) is 3.98. The van der Waals surface area contributed by atoms with Gasteiger partial charge in [0.15, 0.2) is 0 Å². The number of hydrogen-bond acceptors (Lipinski definition) is 4. The van der Waals surface area contributed by atoms with E-state index < -0.39 is 0 Å². The van der Waals surface area contributed by atoms with Crippen LogP contribution < -0.4 is 10.1 Å². The topological polar surface area (TPSA) is 50.7 Å². The van der Waals surface area contributed by atoms with Gasteiger partial charge in [-0.1, -0.05) is 54.1 Å². The van der Waals surface area contributed by atoms with E-state index in [0.717, 1.165) is 36.9 Å². The molecule has 0 spiro atoms. The van der Waals surface area contributed by atoms with Crippen molar-refractivity contribution in [2.24, 2.45) is 4.99 Å². The van der Waals surface area contributed by atoms with E-state index in [1.807, 2.05) is 30.3 Å². The van der Waals surface area contributed by atoms with Crippen LogP contribution in [0.4, 0.5) is 10.7 Å². The first-order valence-corrected chi connectivity index (χ1v) is 11.9. The van der Waals surface area contributed by atoms with Gasteiger partial charge in [-0.25, -0.2) is 4.99 Å². The molecule has 3 aromatic rings. The van der Waals surface area contributed by atoms with Crippen LogP contribution in [0.15, 0.2) is 60.1 Å². The standard InChI is InChI=1S/C25H22Cl2N2O2S/c1-2-12-31-23-16(13-17(26)14-20(23)27)15-28-25-22(19-10-6-7-11-21(19)32-25)24(30)29-18-8-4-3-5-9-18/h2-5,8-9,13-15H,1,6-7,10-12H2,(H,29,30). The minimum atomic E-state index is -0.144. The minimum absolute atomic E-state index is 0.144. The van der Waals surface area contributed by atoms with Crippen molar-refractivity contribution in [3.63, 3.8) is 0 Å². The van der Waals surface area contributed by atoms with Gasteiger partial charge in [0.2, 0.25) is 0 Å². The van der Waals surface area contributed by atoms with Crippen LogP contribution >= 0.6 is 34.5 Å². The molecule has 1 aliphatic carbocycles. The Morgan fingerprint density at radius 1 is 1.19 bits per heavy atom. The van der Waals surface area contributed by atoms with Crippen molar-refractivity contribution >= 4 is 57.3 Å². The largest absolute Gasteiger partial charge is 0.487 e. The third-order valence-electron chi connectivity index (χ3n) is 5.11. The quantitative estimate of drug-likeness (QED) is 0.278. The van der Waals surface area contributed by atoms with Crippen LogP contribution in [0.3, 0.4) is 0 Å². The van der Waals surface area contributed by atoms with Gasteiger partial charge >= 0.3 is 0 Å². The molecule has 2 aromatic carbocycles. The number of carbonyl (C=O) groups excluding carboxylic acids is 1. The van der Waals surface area contributed by atoms with E-state index in [9.17, 15) is 4.79 Å². The van der Waals surface area contributed by atoms with Gasteiger partial charge in [-0.3, -0.25) is 4.79 Å². The van der Waals surface area contributed by atoms with E-state index in [2.05, 4.69) is 11.9 Å². The van der Waals surface area contributed by atoms with Crippen LogP contribution in [-0.2, 0) is 12.8 Å². The Hall–Kier alpha value is -2.60. The molecule has 0 fully saturated rings. The number of aliphatic imine (C=N–C) groups is 1. The van der Waals surface area contributed by atoms with E-state index in [0.29, 0.717) is 38.5 Å². The minimum Gasteiger partial charge on any atom is -0.487 e. The molecule has 0 unspecified atom stereocenters. The van der Waals surface area contributed by atoms with Crippen molar-refractivity contribution < 1.29 is 9.53 Å². The summed E-state index contributed by atoms with van der Waals surface area (Å²) in [6, 6.07) is 12.8. The highest BCUT2D eigenvalue weighted by Crippen LogP contribution is 2.41. The average molecular weight is 485 g/mol. The fourth-order valence-electron chi connectivity index (χ4n) is 3.69. The van der Waals surface area contributed by atoms with E-state index in [1.165, 1.54) is 4.88 Å². The molecule has 1 amide bonds. The van der Waals surface area contributed by atoms with E-state index >= 15 is 0 Å². The van der Waals surface area contributed by atoms with Gasteiger partial charge < -0.3 is 10.1 Å². The zero-order valence-electron chi connectivity index (χ0n) is 17.4. The van der Waals surface area contributed by atoms with Crippen LogP contribution in [0.1, 0.15) is 39.2 Å². The van der Waals surface area contributed by atoms with Gasteiger partial charge in [-0.2, -0.15) is 0 Å². The van der Waals surface area contributed by atoms with Crippen molar-refractivity contribution in [1.29, 1.82) is 0 Å². The summed E-state index contributed by atoms with van der Waals surface area (Å²) in [5.74, 6) is 0.339. The summed E-state index contributed by atoms with van der Waals surface area (Å²) in [5.41, 5.74) is 3.15. The summed E-state index contributed by atoms with van der Waals surface area (Å²) < 4.78 is 5.72. The molecule has 0 radical (unpaired) electrons. The monoisotopic (exact) mass is 484 g/mol. The molecule has 0 saturated heterocycles. The zero-order chi connectivity index (χ0) is 22.5. The van der Waals surface area contributed by atoms with Gasteiger partial charge in [0, 0.05) is 27.4 Å². The summed E-state index contributed by atoms with van der Waals surface area (Å²) >= 11 is 14.1. The average Bonchev–Trinajstić information content (AvgIpc) is 3.16. The number of rotatable bonds is 7. The van der Waals surface area contributed by atoms with Crippen LogP contribution in [0, 0.1) is 0 Å². The summed E-state index contributed by atoms with van der Waals surface area (Å²) in [7, 11) is 0. The van der Waals surface area contributed by atoms with Gasteiger partial charge in [0.1, 0.15) is 17.4 Å². The fraction of sp³-hybridized carbons (Fsp3) is 0.200. The number of hydrogen-bond donors (Lipinski definition) is 1. The first-order chi connectivity index (χ1) is 15.6. The normalized spacial score (nSPS) is 13.1. The molecule has 7 heteroatoms. The predicted octanol–water partition coefficient (Wildman–Crippen LogP) is 7.50. The van der Waals surface area contributed by atoms with Gasteiger partial charge in [0.05, 0.1) is 10.6 Å². The molecule has 0 bridgehead atoms. The maximum atomic E-state index is 13.2.